The third-order valence-corrected chi connectivity index (χ3v) is 3.90. The molecule has 0 bridgehead atoms. The van der Waals surface area contributed by atoms with Gasteiger partial charge in [-0.25, -0.2) is 0 Å². The van der Waals surface area contributed by atoms with Gasteiger partial charge in [0.1, 0.15) is 0 Å². The number of aryl methyl sites for hydroxylation is 2. The number of rotatable bonds is 4. The first-order valence-corrected chi connectivity index (χ1v) is 6.85. The Morgan fingerprint density at radius 3 is 3.06 bits per heavy atom. The predicted molar refractivity (Wildman–Crippen MR) is 70.6 cm³/mol. The normalized spacial score (nSPS) is 28.6. The molecule has 4 nitrogen and oxygen atoms in total. The van der Waals surface area contributed by atoms with Crippen molar-refractivity contribution in [2.75, 3.05) is 7.11 Å². The number of aliphatic hydroxyl groups is 1. The summed E-state index contributed by atoms with van der Waals surface area (Å²) >= 11 is 0. The molecule has 1 fully saturated rings. The van der Waals surface area contributed by atoms with E-state index in [-0.39, 0.29) is 6.10 Å². The Balaban J connectivity index is 2.11. The fourth-order valence-electron chi connectivity index (χ4n) is 3.00. The van der Waals surface area contributed by atoms with Gasteiger partial charge in [-0.3, -0.25) is 4.68 Å². The Hall–Kier alpha value is -0.870. The molecular weight excluding hydrogens is 228 g/mol. The van der Waals surface area contributed by atoms with Crippen molar-refractivity contribution in [3.05, 3.63) is 17.5 Å². The van der Waals surface area contributed by atoms with Gasteiger partial charge < -0.3 is 9.84 Å². The lowest BCUT2D eigenvalue weighted by Crippen LogP contribution is -2.40. The second-order valence-corrected chi connectivity index (χ2v) is 5.45. The molecule has 0 aromatic carbocycles. The zero-order valence-corrected chi connectivity index (χ0v) is 11.6. The van der Waals surface area contributed by atoms with Crippen molar-refractivity contribution in [1.29, 1.82) is 0 Å². The molecule has 1 aromatic heterocycles. The lowest BCUT2D eigenvalue weighted by Gasteiger charge is -2.36. The molecule has 2 rings (SSSR count). The Bertz CT molecular complexity index is 402. The van der Waals surface area contributed by atoms with E-state index in [1.54, 1.807) is 7.11 Å². The molecule has 0 radical (unpaired) electrons. The van der Waals surface area contributed by atoms with E-state index in [1.807, 2.05) is 11.6 Å². The highest BCUT2D eigenvalue weighted by Crippen LogP contribution is 2.32. The first-order valence-electron chi connectivity index (χ1n) is 6.85. The second kappa shape index (κ2) is 5.41. The smallest absolute Gasteiger partial charge is 0.0727 e. The maximum Gasteiger partial charge on any atom is 0.0727 e. The lowest BCUT2D eigenvalue weighted by atomic mass is 9.80. The number of methoxy groups -OCH3 is 1. The summed E-state index contributed by atoms with van der Waals surface area (Å²) in [7, 11) is 1.73. The summed E-state index contributed by atoms with van der Waals surface area (Å²) in [6.45, 7) is 4.93. The maximum atomic E-state index is 10.7. The predicted octanol–water partition coefficient (Wildman–Crippen LogP) is 2.07. The standard InChI is InChI=1S/C14H24N2O2/c1-4-16-12(8-11(2)15-16)9-14(17)7-5-6-13(10-14)18-3/h8,13,17H,4-7,9-10H2,1-3H3. The highest BCUT2D eigenvalue weighted by Gasteiger charge is 2.35. The molecule has 0 aliphatic heterocycles. The van der Waals surface area contributed by atoms with Gasteiger partial charge in [-0.15, -0.1) is 0 Å². The van der Waals surface area contributed by atoms with Crippen LogP contribution >= 0.6 is 0 Å². The lowest BCUT2D eigenvalue weighted by molar-refractivity contribution is -0.0590. The van der Waals surface area contributed by atoms with Gasteiger partial charge in [0.2, 0.25) is 0 Å². The van der Waals surface area contributed by atoms with Gasteiger partial charge in [0.25, 0.3) is 0 Å². The number of ether oxygens (including phenoxy) is 1. The number of hydrogen-bond donors (Lipinski definition) is 1. The Morgan fingerprint density at radius 1 is 1.61 bits per heavy atom. The molecule has 1 aliphatic carbocycles. The van der Waals surface area contributed by atoms with E-state index in [9.17, 15) is 5.11 Å². The van der Waals surface area contributed by atoms with Crippen LogP contribution in [0.2, 0.25) is 0 Å². The molecule has 102 valence electrons. The van der Waals surface area contributed by atoms with Gasteiger partial charge in [-0.1, -0.05) is 0 Å². The molecule has 4 heteroatoms. The molecule has 18 heavy (non-hydrogen) atoms. The Morgan fingerprint density at radius 2 is 2.39 bits per heavy atom. The van der Waals surface area contributed by atoms with Crippen LogP contribution < -0.4 is 0 Å². The third kappa shape index (κ3) is 2.93. The van der Waals surface area contributed by atoms with Crippen molar-refractivity contribution in [1.82, 2.24) is 9.78 Å². The monoisotopic (exact) mass is 252 g/mol. The van der Waals surface area contributed by atoms with Crippen LogP contribution in [0, 0.1) is 6.92 Å². The first-order chi connectivity index (χ1) is 8.56. The van der Waals surface area contributed by atoms with E-state index >= 15 is 0 Å². The molecule has 1 aromatic rings. The van der Waals surface area contributed by atoms with Gasteiger partial charge in [0.15, 0.2) is 0 Å². The maximum absolute atomic E-state index is 10.7. The molecule has 0 saturated heterocycles. The molecular formula is C14H24N2O2. The van der Waals surface area contributed by atoms with E-state index in [0.717, 1.165) is 43.6 Å². The van der Waals surface area contributed by atoms with E-state index in [2.05, 4.69) is 18.1 Å². The zero-order valence-electron chi connectivity index (χ0n) is 11.6. The van der Waals surface area contributed by atoms with Crippen LogP contribution in [-0.2, 0) is 17.7 Å². The Kier molecular flexibility index (Phi) is 4.07. The highest BCUT2D eigenvalue weighted by atomic mass is 16.5. The summed E-state index contributed by atoms with van der Waals surface area (Å²) in [5.74, 6) is 0. The molecule has 1 heterocycles. The summed E-state index contributed by atoms with van der Waals surface area (Å²) in [5.41, 5.74) is 1.53. The summed E-state index contributed by atoms with van der Waals surface area (Å²) in [6, 6.07) is 2.08. The number of aromatic nitrogens is 2. The number of nitrogens with zero attached hydrogens (tertiary/aromatic N) is 2. The van der Waals surface area contributed by atoms with E-state index in [4.69, 9.17) is 4.74 Å². The first kappa shape index (κ1) is 13.6. The minimum Gasteiger partial charge on any atom is -0.389 e. The van der Waals surface area contributed by atoms with Gasteiger partial charge >= 0.3 is 0 Å². The molecule has 0 spiro atoms. The van der Waals surface area contributed by atoms with Crippen LogP contribution in [0.1, 0.15) is 44.0 Å². The quantitative estimate of drug-likeness (QED) is 0.892. The molecule has 1 aliphatic rings. The van der Waals surface area contributed by atoms with Crippen LogP contribution in [-0.4, -0.2) is 33.7 Å². The summed E-state index contributed by atoms with van der Waals surface area (Å²) in [6.07, 6.45) is 4.57. The molecule has 0 amide bonds. The van der Waals surface area contributed by atoms with Gasteiger partial charge in [-0.2, -0.15) is 5.10 Å². The van der Waals surface area contributed by atoms with Gasteiger partial charge in [0.05, 0.1) is 17.4 Å². The third-order valence-electron chi connectivity index (χ3n) is 3.90. The molecule has 2 unspecified atom stereocenters. The topological polar surface area (TPSA) is 47.3 Å². The van der Waals surface area contributed by atoms with E-state index in [1.165, 1.54) is 0 Å². The van der Waals surface area contributed by atoms with Crippen molar-refractivity contribution >= 4 is 0 Å². The zero-order chi connectivity index (χ0) is 13.2. The van der Waals surface area contributed by atoms with E-state index in [0.29, 0.717) is 6.42 Å². The average molecular weight is 252 g/mol. The van der Waals surface area contributed by atoms with Gasteiger partial charge in [0, 0.05) is 32.2 Å². The second-order valence-electron chi connectivity index (χ2n) is 5.45. The largest absolute Gasteiger partial charge is 0.389 e. The van der Waals surface area contributed by atoms with Crippen LogP contribution in [0.15, 0.2) is 6.07 Å². The number of hydrogen-bond acceptors (Lipinski definition) is 3. The van der Waals surface area contributed by atoms with Gasteiger partial charge in [-0.05, 0) is 39.2 Å². The van der Waals surface area contributed by atoms with E-state index < -0.39 is 5.60 Å². The van der Waals surface area contributed by atoms with Crippen molar-refractivity contribution < 1.29 is 9.84 Å². The fourth-order valence-corrected chi connectivity index (χ4v) is 3.00. The van der Waals surface area contributed by atoms with Crippen molar-refractivity contribution in [3.8, 4) is 0 Å². The summed E-state index contributed by atoms with van der Waals surface area (Å²) in [5, 5.41) is 15.2. The molecule has 1 N–H and O–H groups in total. The van der Waals surface area contributed by atoms with Crippen LogP contribution in [0.5, 0.6) is 0 Å². The SMILES string of the molecule is CCn1nc(C)cc1CC1(O)CCCC(OC)C1. The van der Waals surface area contributed by atoms with Crippen molar-refractivity contribution in [2.24, 2.45) is 0 Å². The average Bonchev–Trinajstić information content (AvgIpc) is 2.68. The minimum absolute atomic E-state index is 0.197. The van der Waals surface area contributed by atoms with Crippen molar-refractivity contribution in [2.45, 2.75) is 64.2 Å². The fraction of sp³-hybridized carbons (Fsp3) is 0.786. The van der Waals surface area contributed by atoms with Crippen LogP contribution in [0.3, 0.4) is 0 Å². The summed E-state index contributed by atoms with van der Waals surface area (Å²) in [4.78, 5) is 0. The molecule has 2 atom stereocenters. The van der Waals surface area contributed by atoms with Crippen LogP contribution in [0.25, 0.3) is 0 Å². The minimum atomic E-state index is -0.627. The molecule has 1 saturated carbocycles. The Labute approximate surface area is 109 Å². The highest BCUT2D eigenvalue weighted by molar-refractivity contribution is 5.12. The summed E-state index contributed by atoms with van der Waals surface area (Å²) < 4.78 is 7.39. The van der Waals surface area contributed by atoms with Crippen LogP contribution in [0.4, 0.5) is 0 Å². The van der Waals surface area contributed by atoms with Crippen molar-refractivity contribution in [3.63, 3.8) is 0 Å².